The number of carbonyl (C=O) groups is 2. The molecule has 10 heteroatoms. The Hall–Kier alpha value is -3.48. The van der Waals surface area contributed by atoms with Crippen LogP contribution in [0.5, 0.6) is 0 Å². The van der Waals surface area contributed by atoms with Gasteiger partial charge in [0.1, 0.15) is 17.5 Å². The van der Waals surface area contributed by atoms with Gasteiger partial charge in [0.25, 0.3) is 5.91 Å². The van der Waals surface area contributed by atoms with Crippen molar-refractivity contribution >= 4 is 23.3 Å². The second kappa shape index (κ2) is 8.68. The summed E-state index contributed by atoms with van der Waals surface area (Å²) in [5.41, 5.74) is 2.04. The Morgan fingerprint density at radius 2 is 2.17 bits per heavy atom. The van der Waals surface area contributed by atoms with Crippen molar-refractivity contribution in [3.63, 3.8) is 0 Å². The molecule has 3 N–H and O–H groups in total. The molecule has 0 bridgehead atoms. The molecule has 148 valence electrons. The highest BCUT2D eigenvalue weighted by molar-refractivity contribution is 6.32. The summed E-state index contributed by atoms with van der Waals surface area (Å²) in [6.45, 7) is 1.21. The normalized spacial score (nSPS) is 11.7. The van der Waals surface area contributed by atoms with E-state index in [0.717, 1.165) is 5.56 Å². The number of hydrogen-bond donors (Lipinski definition) is 3. The zero-order valence-corrected chi connectivity index (χ0v) is 16.1. The van der Waals surface area contributed by atoms with Gasteiger partial charge in [-0.25, -0.2) is 0 Å². The van der Waals surface area contributed by atoms with Gasteiger partial charge >= 0.3 is 0 Å². The minimum atomic E-state index is -0.503. The molecule has 9 nitrogen and oxygen atoms in total. The molecule has 0 fully saturated rings. The Bertz CT molecular complexity index is 1100. The van der Waals surface area contributed by atoms with E-state index in [9.17, 15) is 14.7 Å². The van der Waals surface area contributed by atoms with E-state index in [0.29, 0.717) is 16.3 Å². The number of nitriles is 1. The first kappa shape index (κ1) is 20.3. The van der Waals surface area contributed by atoms with Crippen molar-refractivity contribution in [1.82, 2.24) is 25.3 Å². The molecular formula is C19H17ClN6O3. The molecule has 0 aliphatic carbocycles. The van der Waals surface area contributed by atoms with Gasteiger partial charge in [-0.15, -0.1) is 0 Å². The third-order valence-electron chi connectivity index (χ3n) is 4.26. The van der Waals surface area contributed by atoms with Gasteiger partial charge in [-0.05, 0) is 24.3 Å². The Morgan fingerprint density at radius 3 is 2.79 bits per heavy atom. The van der Waals surface area contributed by atoms with Crippen molar-refractivity contribution in [2.45, 2.75) is 13.0 Å². The number of hydrogen-bond acceptors (Lipinski definition) is 6. The Labute approximate surface area is 170 Å². The molecule has 3 aromatic rings. The predicted octanol–water partition coefficient (Wildman–Crippen LogP) is 1.96. The molecular weight excluding hydrogens is 396 g/mol. The highest BCUT2D eigenvalue weighted by Crippen LogP contribution is 2.24. The van der Waals surface area contributed by atoms with Crippen LogP contribution >= 0.6 is 11.6 Å². The fourth-order valence-electron chi connectivity index (χ4n) is 2.63. The number of rotatable bonds is 7. The fraction of sp³-hybridized carbons (Fsp3) is 0.211. The van der Waals surface area contributed by atoms with Gasteiger partial charge in [0.05, 0.1) is 28.9 Å². The van der Waals surface area contributed by atoms with Crippen molar-refractivity contribution in [2.75, 3.05) is 13.2 Å². The third-order valence-corrected chi connectivity index (χ3v) is 4.57. The molecule has 29 heavy (non-hydrogen) atoms. The van der Waals surface area contributed by atoms with Crippen molar-refractivity contribution in [1.29, 1.82) is 5.26 Å². The zero-order valence-electron chi connectivity index (χ0n) is 15.4. The lowest BCUT2D eigenvalue weighted by Gasteiger charge is -2.15. The van der Waals surface area contributed by atoms with Gasteiger partial charge in [0.2, 0.25) is 0 Å². The fourth-order valence-corrected chi connectivity index (χ4v) is 2.85. The largest absolute Gasteiger partial charge is 0.394 e. The lowest BCUT2D eigenvalue weighted by atomic mass is 10.1. The lowest BCUT2D eigenvalue weighted by molar-refractivity contribution is 0.0934. The molecule has 0 saturated carbocycles. The van der Waals surface area contributed by atoms with E-state index in [1.54, 1.807) is 30.5 Å². The minimum Gasteiger partial charge on any atom is -0.394 e. The second-order valence-corrected chi connectivity index (χ2v) is 6.66. The van der Waals surface area contributed by atoms with Crippen molar-refractivity contribution in [3.05, 3.63) is 58.5 Å². The number of aliphatic hydroxyl groups excluding tert-OH is 1. The van der Waals surface area contributed by atoms with Crippen LogP contribution in [0, 0.1) is 11.3 Å². The van der Waals surface area contributed by atoms with Crippen LogP contribution in [0.3, 0.4) is 0 Å². The number of amides is 1. The number of nitrogens with one attached hydrogen (secondary N) is 2. The van der Waals surface area contributed by atoms with Crippen LogP contribution in [-0.2, 0) is 0 Å². The standard InChI is InChI=1S/C19H17ClN6O3/c1-11(28)17-7-18(24-23-17)19(29)22-9-14(10-27)26-5-4-16(25-26)12-2-3-13(8-21)15(20)6-12/h2-7,14,27H,9-10H2,1H3,(H,22,29)(H,23,24). The van der Waals surface area contributed by atoms with Gasteiger partial charge in [-0.3, -0.25) is 19.4 Å². The van der Waals surface area contributed by atoms with Crippen molar-refractivity contribution in [3.8, 4) is 17.3 Å². The van der Waals surface area contributed by atoms with Gasteiger partial charge in [-0.2, -0.15) is 15.5 Å². The van der Waals surface area contributed by atoms with Crippen LogP contribution in [0.2, 0.25) is 5.02 Å². The monoisotopic (exact) mass is 412 g/mol. The van der Waals surface area contributed by atoms with Crippen LogP contribution in [0.15, 0.2) is 36.5 Å². The van der Waals surface area contributed by atoms with Gasteiger partial charge in [0.15, 0.2) is 5.78 Å². The summed E-state index contributed by atoms with van der Waals surface area (Å²) in [4.78, 5) is 23.5. The number of aromatic amines is 1. The number of aliphatic hydroxyl groups is 1. The van der Waals surface area contributed by atoms with Gasteiger partial charge in [0, 0.05) is 25.2 Å². The number of Topliss-reactive ketones (excluding diaryl/α,β-unsaturated/α-hetero) is 1. The number of aromatic nitrogens is 4. The maximum Gasteiger partial charge on any atom is 0.269 e. The van der Waals surface area contributed by atoms with Crippen LogP contribution < -0.4 is 5.32 Å². The van der Waals surface area contributed by atoms with E-state index in [-0.39, 0.29) is 30.3 Å². The number of carbonyl (C=O) groups excluding carboxylic acids is 2. The average Bonchev–Trinajstić information content (AvgIpc) is 3.38. The summed E-state index contributed by atoms with van der Waals surface area (Å²) in [6, 6.07) is 9.60. The maximum absolute atomic E-state index is 12.2. The Morgan fingerprint density at radius 1 is 1.38 bits per heavy atom. The first-order chi connectivity index (χ1) is 13.9. The number of nitrogens with zero attached hydrogens (tertiary/aromatic N) is 4. The molecule has 1 unspecified atom stereocenters. The molecule has 0 saturated heterocycles. The maximum atomic E-state index is 12.2. The van der Waals surface area contributed by atoms with E-state index in [2.05, 4.69) is 20.6 Å². The molecule has 1 atom stereocenters. The first-order valence-electron chi connectivity index (χ1n) is 8.63. The summed E-state index contributed by atoms with van der Waals surface area (Å²) in [5, 5.41) is 32.4. The van der Waals surface area contributed by atoms with Crippen LogP contribution in [0.4, 0.5) is 0 Å². The van der Waals surface area contributed by atoms with E-state index in [1.165, 1.54) is 17.7 Å². The van der Waals surface area contributed by atoms with E-state index < -0.39 is 11.9 Å². The molecule has 1 amide bonds. The summed E-state index contributed by atoms with van der Waals surface area (Å²) in [5.74, 6) is -0.699. The van der Waals surface area contributed by atoms with Gasteiger partial charge in [-0.1, -0.05) is 17.7 Å². The van der Waals surface area contributed by atoms with E-state index in [1.807, 2.05) is 6.07 Å². The Kier molecular flexibility index (Phi) is 6.07. The summed E-state index contributed by atoms with van der Waals surface area (Å²) in [7, 11) is 0. The Balaban J connectivity index is 1.69. The molecule has 0 radical (unpaired) electrons. The molecule has 0 aliphatic rings. The molecule has 3 rings (SSSR count). The quantitative estimate of drug-likeness (QED) is 0.507. The topological polar surface area (TPSA) is 137 Å². The molecule has 0 spiro atoms. The smallest absolute Gasteiger partial charge is 0.269 e. The lowest BCUT2D eigenvalue weighted by Crippen LogP contribution is -2.32. The highest BCUT2D eigenvalue weighted by Gasteiger charge is 2.17. The van der Waals surface area contributed by atoms with Gasteiger partial charge < -0.3 is 10.4 Å². The zero-order chi connectivity index (χ0) is 21.0. The molecule has 1 aromatic carbocycles. The number of benzene rings is 1. The summed E-state index contributed by atoms with van der Waals surface area (Å²) >= 11 is 6.07. The average molecular weight is 413 g/mol. The molecule has 2 aromatic heterocycles. The molecule has 2 heterocycles. The number of ketones is 1. The SMILES string of the molecule is CC(=O)c1cc(C(=O)NCC(CO)n2ccc(-c3ccc(C#N)c(Cl)c3)n2)[nH]n1. The number of halogens is 1. The van der Waals surface area contributed by atoms with E-state index >= 15 is 0 Å². The first-order valence-corrected chi connectivity index (χ1v) is 9.01. The van der Waals surface area contributed by atoms with Crippen LogP contribution in [-0.4, -0.2) is 49.9 Å². The van der Waals surface area contributed by atoms with Crippen LogP contribution in [0.1, 0.15) is 39.5 Å². The van der Waals surface area contributed by atoms with Crippen molar-refractivity contribution in [2.24, 2.45) is 0 Å². The molecule has 0 aliphatic heterocycles. The minimum absolute atomic E-state index is 0.110. The summed E-state index contributed by atoms with van der Waals surface area (Å²) in [6.07, 6.45) is 1.68. The highest BCUT2D eigenvalue weighted by atomic mass is 35.5. The number of H-pyrrole nitrogens is 1. The van der Waals surface area contributed by atoms with Crippen LogP contribution in [0.25, 0.3) is 11.3 Å². The third kappa shape index (κ3) is 4.51. The summed E-state index contributed by atoms with van der Waals surface area (Å²) < 4.78 is 1.54. The second-order valence-electron chi connectivity index (χ2n) is 6.26. The van der Waals surface area contributed by atoms with Crippen molar-refractivity contribution < 1.29 is 14.7 Å². The van der Waals surface area contributed by atoms with E-state index in [4.69, 9.17) is 16.9 Å². The predicted molar refractivity (Wildman–Crippen MR) is 104 cm³/mol.